The lowest BCUT2D eigenvalue weighted by Gasteiger charge is -2.10. The summed E-state index contributed by atoms with van der Waals surface area (Å²) in [6.07, 6.45) is 7.18. The van der Waals surface area contributed by atoms with Crippen molar-refractivity contribution in [1.82, 2.24) is 9.78 Å². The van der Waals surface area contributed by atoms with Crippen LogP contribution >= 0.6 is 0 Å². The number of nitrogens with zero attached hydrogens (tertiary/aromatic N) is 2. The molecule has 1 aromatic heterocycles. The van der Waals surface area contributed by atoms with Crippen LogP contribution in [0.15, 0.2) is 30.5 Å². The number of aromatic nitrogens is 2. The van der Waals surface area contributed by atoms with E-state index in [0.717, 1.165) is 17.0 Å². The van der Waals surface area contributed by atoms with Gasteiger partial charge in [0.15, 0.2) is 0 Å². The molecule has 3 rings (SSSR count). The molecule has 0 amide bonds. The van der Waals surface area contributed by atoms with E-state index in [1.807, 2.05) is 31.2 Å². The Labute approximate surface area is 119 Å². The molecule has 1 aliphatic rings. The van der Waals surface area contributed by atoms with Crippen LogP contribution in [0.25, 0.3) is 0 Å². The zero-order valence-electron chi connectivity index (χ0n) is 11.9. The monoisotopic (exact) mass is 271 g/mol. The Kier molecular flexibility index (Phi) is 3.63. The lowest BCUT2D eigenvalue weighted by molar-refractivity contribution is 0.299. The van der Waals surface area contributed by atoms with Gasteiger partial charge in [-0.05, 0) is 37.5 Å². The molecule has 1 fully saturated rings. The van der Waals surface area contributed by atoms with Gasteiger partial charge in [0.2, 0.25) is 0 Å². The lowest BCUT2D eigenvalue weighted by Crippen LogP contribution is -2.06. The Morgan fingerprint density at radius 1 is 1.30 bits per heavy atom. The first-order valence-electron chi connectivity index (χ1n) is 7.26. The van der Waals surface area contributed by atoms with Crippen LogP contribution in [0.4, 0.5) is 5.69 Å². The third-order valence-corrected chi connectivity index (χ3v) is 4.02. The molecule has 0 spiro atoms. The highest BCUT2D eigenvalue weighted by Crippen LogP contribution is 2.29. The Morgan fingerprint density at radius 3 is 2.90 bits per heavy atom. The molecule has 20 heavy (non-hydrogen) atoms. The minimum absolute atomic E-state index is 0.466. The number of para-hydroxylation sites is 1. The summed E-state index contributed by atoms with van der Waals surface area (Å²) < 4.78 is 7.87. The number of ether oxygens (including phenoxy) is 1. The van der Waals surface area contributed by atoms with E-state index in [4.69, 9.17) is 10.5 Å². The maximum absolute atomic E-state index is 6.00. The van der Waals surface area contributed by atoms with Crippen LogP contribution < -0.4 is 10.5 Å². The van der Waals surface area contributed by atoms with Crippen LogP contribution in [-0.4, -0.2) is 9.78 Å². The molecule has 0 radical (unpaired) electrons. The van der Waals surface area contributed by atoms with Crippen molar-refractivity contribution in [2.45, 2.75) is 45.3 Å². The normalized spacial score (nSPS) is 15.7. The minimum atomic E-state index is 0.466. The second-order valence-electron chi connectivity index (χ2n) is 5.50. The van der Waals surface area contributed by atoms with E-state index in [-0.39, 0.29) is 0 Å². The van der Waals surface area contributed by atoms with Crippen LogP contribution in [0.2, 0.25) is 0 Å². The van der Waals surface area contributed by atoms with Gasteiger partial charge in [0, 0.05) is 6.20 Å². The van der Waals surface area contributed by atoms with E-state index < -0.39 is 0 Å². The standard InChI is InChI=1S/C16H21N3O/c1-12-5-4-8-15(16(12)17)20-11-13-9-10-19(18-13)14-6-2-3-7-14/h4-5,8-10,14H,2-3,6-7,11,17H2,1H3. The summed E-state index contributed by atoms with van der Waals surface area (Å²) in [6.45, 7) is 2.45. The van der Waals surface area contributed by atoms with Crippen LogP contribution in [0, 0.1) is 6.92 Å². The van der Waals surface area contributed by atoms with Gasteiger partial charge in [-0.3, -0.25) is 4.68 Å². The first-order chi connectivity index (χ1) is 9.74. The SMILES string of the molecule is Cc1cccc(OCc2ccn(C3CCCC3)n2)c1N. The summed E-state index contributed by atoms with van der Waals surface area (Å²) in [7, 11) is 0. The molecular formula is C16H21N3O. The highest BCUT2D eigenvalue weighted by molar-refractivity contribution is 5.57. The summed E-state index contributed by atoms with van der Waals surface area (Å²) in [6, 6.07) is 8.45. The topological polar surface area (TPSA) is 53.1 Å². The van der Waals surface area contributed by atoms with Crippen molar-refractivity contribution in [1.29, 1.82) is 0 Å². The van der Waals surface area contributed by atoms with Crippen molar-refractivity contribution >= 4 is 5.69 Å². The molecule has 0 aliphatic heterocycles. The number of hydrogen-bond donors (Lipinski definition) is 1. The van der Waals surface area contributed by atoms with Gasteiger partial charge in [0.1, 0.15) is 12.4 Å². The van der Waals surface area contributed by atoms with E-state index in [1.54, 1.807) is 0 Å². The maximum atomic E-state index is 6.00. The number of benzene rings is 1. The number of anilines is 1. The van der Waals surface area contributed by atoms with E-state index >= 15 is 0 Å². The predicted molar refractivity (Wildman–Crippen MR) is 79.7 cm³/mol. The molecule has 1 aromatic carbocycles. The third kappa shape index (κ3) is 2.64. The second-order valence-corrected chi connectivity index (χ2v) is 5.50. The Morgan fingerprint density at radius 2 is 2.10 bits per heavy atom. The molecule has 0 bridgehead atoms. The highest BCUT2D eigenvalue weighted by Gasteiger charge is 2.17. The first kappa shape index (κ1) is 13.0. The molecule has 4 heteroatoms. The maximum Gasteiger partial charge on any atom is 0.143 e. The molecule has 1 saturated carbocycles. The molecule has 0 atom stereocenters. The van der Waals surface area contributed by atoms with Gasteiger partial charge in [-0.15, -0.1) is 0 Å². The molecule has 1 heterocycles. The highest BCUT2D eigenvalue weighted by atomic mass is 16.5. The number of rotatable bonds is 4. The summed E-state index contributed by atoms with van der Waals surface area (Å²) in [5.74, 6) is 0.736. The number of hydrogen-bond acceptors (Lipinski definition) is 3. The quantitative estimate of drug-likeness (QED) is 0.866. The number of nitrogen functional groups attached to an aromatic ring is 1. The van der Waals surface area contributed by atoms with Gasteiger partial charge in [-0.2, -0.15) is 5.10 Å². The average molecular weight is 271 g/mol. The molecule has 0 saturated heterocycles. The van der Waals surface area contributed by atoms with E-state index in [2.05, 4.69) is 16.0 Å². The molecule has 0 unspecified atom stereocenters. The fourth-order valence-corrected chi connectivity index (χ4v) is 2.76. The number of nitrogens with two attached hydrogens (primary N) is 1. The van der Waals surface area contributed by atoms with Crippen LogP contribution in [0.1, 0.15) is 43.0 Å². The Hall–Kier alpha value is -1.97. The van der Waals surface area contributed by atoms with Crippen LogP contribution in [0.3, 0.4) is 0 Å². The van der Waals surface area contributed by atoms with E-state index in [0.29, 0.717) is 18.3 Å². The van der Waals surface area contributed by atoms with Crippen LogP contribution in [0.5, 0.6) is 5.75 Å². The fraction of sp³-hybridized carbons (Fsp3) is 0.438. The third-order valence-electron chi connectivity index (χ3n) is 4.02. The molecular weight excluding hydrogens is 250 g/mol. The average Bonchev–Trinajstić information content (AvgIpc) is 3.10. The Bertz CT molecular complexity index is 585. The van der Waals surface area contributed by atoms with Gasteiger partial charge in [-0.25, -0.2) is 0 Å². The smallest absolute Gasteiger partial charge is 0.143 e. The van der Waals surface area contributed by atoms with Crippen molar-refractivity contribution in [2.24, 2.45) is 0 Å². The summed E-state index contributed by atoms with van der Waals surface area (Å²) >= 11 is 0. The summed E-state index contributed by atoms with van der Waals surface area (Å²) in [5.41, 5.74) is 8.71. The van der Waals surface area contributed by atoms with Gasteiger partial charge in [0.25, 0.3) is 0 Å². The first-order valence-corrected chi connectivity index (χ1v) is 7.26. The van der Waals surface area contributed by atoms with Gasteiger partial charge >= 0.3 is 0 Å². The van der Waals surface area contributed by atoms with Crippen molar-refractivity contribution in [3.63, 3.8) is 0 Å². The lowest BCUT2D eigenvalue weighted by atomic mass is 10.2. The predicted octanol–water partition coefficient (Wildman–Crippen LogP) is 3.47. The fourth-order valence-electron chi connectivity index (χ4n) is 2.76. The minimum Gasteiger partial charge on any atom is -0.485 e. The van der Waals surface area contributed by atoms with Crippen molar-refractivity contribution in [3.8, 4) is 5.75 Å². The number of aryl methyl sites for hydroxylation is 1. The zero-order valence-corrected chi connectivity index (χ0v) is 11.9. The largest absolute Gasteiger partial charge is 0.485 e. The van der Waals surface area contributed by atoms with E-state index in [1.165, 1.54) is 25.7 Å². The zero-order chi connectivity index (χ0) is 13.9. The van der Waals surface area contributed by atoms with Crippen molar-refractivity contribution in [2.75, 3.05) is 5.73 Å². The van der Waals surface area contributed by atoms with Crippen molar-refractivity contribution in [3.05, 3.63) is 41.7 Å². The molecule has 106 valence electrons. The van der Waals surface area contributed by atoms with E-state index in [9.17, 15) is 0 Å². The molecule has 4 nitrogen and oxygen atoms in total. The van der Waals surface area contributed by atoms with Crippen LogP contribution in [-0.2, 0) is 6.61 Å². The van der Waals surface area contributed by atoms with Gasteiger partial charge in [0.05, 0.1) is 17.4 Å². The second kappa shape index (κ2) is 5.57. The molecule has 1 aliphatic carbocycles. The molecule has 2 aromatic rings. The van der Waals surface area contributed by atoms with Gasteiger partial charge in [-0.1, -0.05) is 25.0 Å². The molecule has 2 N–H and O–H groups in total. The Balaban J connectivity index is 1.65. The summed E-state index contributed by atoms with van der Waals surface area (Å²) in [5, 5.41) is 4.61. The summed E-state index contributed by atoms with van der Waals surface area (Å²) in [4.78, 5) is 0. The van der Waals surface area contributed by atoms with Gasteiger partial charge < -0.3 is 10.5 Å². The van der Waals surface area contributed by atoms with Crippen molar-refractivity contribution < 1.29 is 4.74 Å².